The molecule has 0 unspecified atom stereocenters. The smallest absolute Gasteiger partial charge is 0.411 e. The van der Waals surface area contributed by atoms with Crippen molar-refractivity contribution in [2.75, 3.05) is 40.8 Å². The first-order chi connectivity index (χ1) is 14.6. The summed E-state index contributed by atoms with van der Waals surface area (Å²) in [4.78, 5) is 33.7. The summed E-state index contributed by atoms with van der Waals surface area (Å²) >= 11 is 0. The zero-order valence-electron chi connectivity index (χ0n) is 19.1. The molecule has 0 saturated carbocycles. The predicted molar refractivity (Wildman–Crippen MR) is 119 cm³/mol. The zero-order valence-corrected chi connectivity index (χ0v) is 19.1. The van der Waals surface area contributed by atoms with Gasteiger partial charge in [0, 0.05) is 19.2 Å². The molecule has 2 aliphatic heterocycles. The van der Waals surface area contributed by atoms with E-state index >= 15 is 0 Å². The Morgan fingerprint density at radius 2 is 1.94 bits per heavy atom. The molecule has 0 bridgehead atoms. The molecule has 0 radical (unpaired) electrons. The van der Waals surface area contributed by atoms with Gasteiger partial charge in [0.05, 0.1) is 18.6 Å². The van der Waals surface area contributed by atoms with Crippen molar-refractivity contribution >= 4 is 17.8 Å². The maximum absolute atomic E-state index is 13.3. The largest absolute Gasteiger partial charge is 0.440 e. The van der Waals surface area contributed by atoms with Crippen LogP contribution in [-0.4, -0.2) is 80.1 Å². The van der Waals surface area contributed by atoms with E-state index < -0.39 is 11.6 Å². The second-order valence-electron chi connectivity index (χ2n) is 8.68. The first-order valence-corrected chi connectivity index (χ1v) is 10.4. The fourth-order valence-electron chi connectivity index (χ4n) is 3.87. The number of methoxy groups -OCH3 is 1. The van der Waals surface area contributed by atoms with E-state index in [0.29, 0.717) is 25.5 Å². The van der Waals surface area contributed by atoms with Crippen molar-refractivity contribution in [3.63, 3.8) is 0 Å². The van der Waals surface area contributed by atoms with E-state index in [1.165, 1.54) is 7.11 Å². The summed E-state index contributed by atoms with van der Waals surface area (Å²) in [5.41, 5.74) is 2.29. The number of amides is 2. The molecule has 0 fully saturated rings. The third kappa shape index (κ3) is 4.80. The molecule has 1 aromatic carbocycles. The van der Waals surface area contributed by atoms with Gasteiger partial charge in [0.25, 0.3) is 5.91 Å². The van der Waals surface area contributed by atoms with E-state index in [1.807, 2.05) is 63.2 Å². The fraction of sp³-hybridized carbons (Fsp3) is 0.522. The molecular weight excluding hydrogens is 396 g/mol. The Kier molecular flexibility index (Phi) is 6.81. The van der Waals surface area contributed by atoms with Gasteiger partial charge >= 0.3 is 6.09 Å². The number of hydrogen-bond acceptors (Lipinski definition) is 6. The van der Waals surface area contributed by atoms with Gasteiger partial charge in [-0.05, 0) is 46.0 Å². The molecule has 0 saturated heterocycles. The van der Waals surface area contributed by atoms with Crippen LogP contribution in [-0.2, 0) is 14.3 Å². The van der Waals surface area contributed by atoms with Gasteiger partial charge < -0.3 is 19.7 Å². The molecule has 1 N–H and O–H groups in total. The monoisotopic (exact) mass is 428 g/mol. The number of aliphatic imine (C=N–C) groups is 1. The molecule has 168 valence electrons. The average Bonchev–Trinajstić information content (AvgIpc) is 3.25. The maximum Gasteiger partial charge on any atom is 0.411 e. The minimum atomic E-state index is -0.583. The van der Waals surface area contributed by atoms with Gasteiger partial charge in [-0.25, -0.2) is 4.79 Å². The van der Waals surface area contributed by atoms with Gasteiger partial charge in [0.2, 0.25) is 0 Å². The number of carbonyl (C=O) groups is 2. The second kappa shape index (κ2) is 9.20. The van der Waals surface area contributed by atoms with Crippen molar-refractivity contribution < 1.29 is 19.1 Å². The van der Waals surface area contributed by atoms with Gasteiger partial charge in [-0.3, -0.25) is 14.7 Å². The third-order valence-corrected chi connectivity index (χ3v) is 5.91. The lowest BCUT2D eigenvalue weighted by molar-refractivity contribution is -0.128. The van der Waals surface area contributed by atoms with E-state index in [4.69, 9.17) is 9.47 Å². The number of rotatable bonds is 6. The molecule has 0 aliphatic carbocycles. The quantitative estimate of drug-likeness (QED) is 0.752. The van der Waals surface area contributed by atoms with Crippen LogP contribution >= 0.6 is 0 Å². The summed E-state index contributed by atoms with van der Waals surface area (Å²) in [6.45, 7) is 7.01. The highest BCUT2D eigenvalue weighted by Crippen LogP contribution is 2.38. The number of nitrogens with one attached hydrogen (secondary N) is 1. The molecule has 3 rings (SSSR count). The Morgan fingerprint density at radius 1 is 1.26 bits per heavy atom. The minimum Gasteiger partial charge on any atom is -0.440 e. The van der Waals surface area contributed by atoms with E-state index in [2.05, 4.69) is 10.3 Å². The summed E-state index contributed by atoms with van der Waals surface area (Å²) < 4.78 is 11.1. The molecule has 1 aromatic rings. The van der Waals surface area contributed by atoms with Crippen LogP contribution in [0.1, 0.15) is 32.4 Å². The number of carbonyl (C=O) groups excluding carboxylic acids is 2. The molecule has 2 atom stereocenters. The van der Waals surface area contributed by atoms with Crippen molar-refractivity contribution in [2.45, 2.75) is 38.5 Å². The van der Waals surface area contributed by atoms with Crippen molar-refractivity contribution in [1.82, 2.24) is 15.1 Å². The Labute approximate surface area is 183 Å². The van der Waals surface area contributed by atoms with Gasteiger partial charge in [-0.1, -0.05) is 30.3 Å². The van der Waals surface area contributed by atoms with E-state index in [0.717, 1.165) is 16.7 Å². The molecular formula is C23H32N4O4. The molecule has 0 aromatic heterocycles. The maximum atomic E-state index is 13.3. The molecule has 2 heterocycles. The predicted octanol–water partition coefficient (Wildman–Crippen LogP) is 2.38. The van der Waals surface area contributed by atoms with Crippen LogP contribution in [0.15, 0.2) is 46.5 Å². The lowest BCUT2D eigenvalue weighted by Gasteiger charge is -2.35. The standard InChI is InChI=1S/C23H32N4O4/c1-15(30-6)21(28)25-20-17-13-27(23(2,3)18(17)12-24-20)22(29)31-19(14-26(4)5)16-10-8-7-9-11-16/h7-11,15,19H,12-14H2,1-6H3,(H,24,25,28)/t15-,19+/m0/s1. The van der Waals surface area contributed by atoms with Crippen LogP contribution in [0.2, 0.25) is 0 Å². The number of likely N-dealkylation sites (N-methyl/N-ethyl adjacent to an activating group) is 1. The topological polar surface area (TPSA) is 83.5 Å². The SMILES string of the molecule is CO[C@@H](C)C(=O)NC1=NCC2=C1CN(C(=O)O[C@H](CN(C)C)c1ccccc1)C2(C)C. The minimum absolute atomic E-state index is 0.260. The number of benzene rings is 1. The number of hydrogen-bond donors (Lipinski definition) is 1. The Bertz CT molecular complexity index is 892. The number of amidine groups is 1. The highest BCUT2D eigenvalue weighted by Gasteiger charge is 2.46. The van der Waals surface area contributed by atoms with E-state index in [1.54, 1.807) is 11.8 Å². The van der Waals surface area contributed by atoms with Gasteiger partial charge in [0.1, 0.15) is 18.0 Å². The zero-order chi connectivity index (χ0) is 22.8. The summed E-state index contributed by atoms with van der Waals surface area (Å²) in [7, 11) is 5.39. The van der Waals surface area contributed by atoms with Crippen LogP contribution < -0.4 is 5.32 Å². The normalized spacial score (nSPS) is 19.2. The first-order valence-electron chi connectivity index (χ1n) is 10.4. The van der Waals surface area contributed by atoms with Gasteiger partial charge in [-0.15, -0.1) is 0 Å². The van der Waals surface area contributed by atoms with E-state index in [9.17, 15) is 9.59 Å². The van der Waals surface area contributed by atoms with Crippen molar-refractivity contribution in [2.24, 2.45) is 4.99 Å². The Hall–Kier alpha value is -2.71. The lowest BCUT2D eigenvalue weighted by atomic mass is 9.94. The van der Waals surface area contributed by atoms with Crippen LogP contribution in [0, 0.1) is 0 Å². The van der Waals surface area contributed by atoms with Crippen LogP contribution in [0.5, 0.6) is 0 Å². The molecule has 8 heteroatoms. The van der Waals surface area contributed by atoms with Crippen molar-refractivity contribution in [3.8, 4) is 0 Å². The highest BCUT2D eigenvalue weighted by molar-refractivity contribution is 6.11. The van der Waals surface area contributed by atoms with Crippen LogP contribution in [0.3, 0.4) is 0 Å². The molecule has 2 aliphatic rings. The Morgan fingerprint density at radius 3 is 2.55 bits per heavy atom. The number of nitrogens with zero attached hydrogens (tertiary/aromatic N) is 3. The molecule has 8 nitrogen and oxygen atoms in total. The average molecular weight is 429 g/mol. The van der Waals surface area contributed by atoms with Crippen LogP contribution in [0.4, 0.5) is 4.79 Å². The summed E-state index contributed by atoms with van der Waals surface area (Å²) in [5, 5.41) is 2.83. The molecule has 0 spiro atoms. The lowest BCUT2D eigenvalue weighted by Crippen LogP contribution is -2.47. The summed E-state index contributed by atoms with van der Waals surface area (Å²) in [5.74, 6) is 0.254. The van der Waals surface area contributed by atoms with Crippen molar-refractivity contribution in [1.29, 1.82) is 0 Å². The molecule has 31 heavy (non-hydrogen) atoms. The fourth-order valence-corrected chi connectivity index (χ4v) is 3.87. The highest BCUT2D eigenvalue weighted by atomic mass is 16.6. The van der Waals surface area contributed by atoms with E-state index in [-0.39, 0.29) is 18.1 Å². The molecule has 2 amide bonds. The summed E-state index contributed by atoms with van der Waals surface area (Å²) in [6, 6.07) is 9.75. The van der Waals surface area contributed by atoms with Crippen molar-refractivity contribution in [3.05, 3.63) is 47.0 Å². The van der Waals surface area contributed by atoms with Crippen LogP contribution in [0.25, 0.3) is 0 Å². The second-order valence-corrected chi connectivity index (χ2v) is 8.68. The van der Waals surface area contributed by atoms with Gasteiger partial charge in [-0.2, -0.15) is 0 Å². The number of ether oxygens (including phenoxy) is 2. The first kappa shape index (κ1) is 23.0. The summed E-state index contributed by atoms with van der Waals surface area (Å²) in [6.07, 6.45) is -1.35. The third-order valence-electron chi connectivity index (χ3n) is 5.91. The Balaban J connectivity index is 1.75. The van der Waals surface area contributed by atoms with Gasteiger partial charge in [0.15, 0.2) is 0 Å².